The number of hydrogen-bond acceptors (Lipinski definition) is 5. The van der Waals surface area contributed by atoms with Crippen molar-refractivity contribution in [2.24, 2.45) is 0 Å². The number of allylic oxidation sites excluding steroid dienone is 11. The average Bonchev–Trinajstić information content (AvgIpc) is 3.19. The van der Waals surface area contributed by atoms with Crippen LogP contribution in [0.3, 0.4) is 0 Å². The normalized spacial score (nSPS) is 14.0. The number of hydrogen-bond donors (Lipinski definition) is 3. The molecule has 322 valence electrons. The van der Waals surface area contributed by atoms with Gasteiger partial charge in [0, 0.05) is 12.8 Å². The van der Waals surface area contributed by atoms with Crippen LogP contribution in [0.2, 0.25) is 0 Å². The van der Waals surface area contributed by atoms with Gasteiger partial charge in [0.2, 0.25) is 5.91 Å². The van der Waals surface area contributed by atoms with Gasteiger partial charge >= 0.3 is 5.97 Å². The van der Waals surface area contributed by atoms with Crippen molar-refractivity contribution in [1.29, 1.82) is 0 Å². The van der Waals surface area contributed by atoms with Crippen molar-refractivity contribution in [1.82, 2.24) is 5.32 Å². The first-order chi connectivity index (χ1) is 27.5. The van der Waals surface area contributed by atoms with Crippen molar-refractivity contribution in [3.63, 3.8) is 0 Å². The molecule has 0 aliphatic rings. The molecule has 0 bridgehead atoms. The van der Waals surface area contributed by atoms with Gasteiger partial charge in [0.1, 0.15) is 6.10 Å². The summed E-state index contributed by atoms with van der Waals surface area (Å²) in [5.41, 5.74) is 0. The lowest BCUT2D eigenvalue weighted by atomic mass is 10.0. The van der Waals surface area contributed by atoms with E-state index in [1.807, 2.05) is 54.7 Å². The maximum absolute atomic E-state index is 13.1. The minimum atomic E-state index is -0.821. The summed E-state index contributed by atoms with van der Waals surface area (Å²) in [5, 5.41) is 23.6. The summed E-state index contributed by atoms with van der Waals surface area (Å²) in [6.45, 7) is 6.27. The van der Waals surface area contributed by atoms with Crippen LogP contribution in [0, 0.1) is 0 Å². The van der Waals surface area contributed by atoms with Crippen molar-refractivity contribution in [2.45, 2.75) is 225 Å². The van der Waals surface area contributed by atoms with Gasteiger partial charge in [-0.05, 0) is 44.9 Å². The molecule has 0 aromatic heterocycles. The van der Waals surface area contributed by atoms with Crippen LogP contribution in [0.25, 0.3) is 0 Å². The van der Waals surface area contributed by atoms with Crippen molar-refractivity contribution in [3.05, 3.63) is 72.9 Å². The Morgan fingerprint density at radius 3 is 1.50 bits per heavy atom. The van der Waals surface area contributed by atoms with E-state index in [1.54, 1.807) is 0 Å². The molecule has 1 amide bonds. The quantitative estimate of drug-likeness (QED) is 0.0249. The second kappa shape index (κ2) is 43.4. The fraction of sp³-hybridized carbons (Fsp3) is 0.720. The summed E-state index contributed by atoms with van der Waals surface area (Å²) in [5.74, 6) is -0.631. The van der Waals surface area contributed by atoms with Crippen LogP contribution >= 0.6 is 0 Å². The summed E-state index contributed by atoms with van der Waals surface area (Å²) in [6.07, 6.45) is 54.1. The number of amides is 1. The second-order valence-electron chi connectivity index (χ2n) is 15.6. The predicted molar refractivity (Wildman–Crippen MR) is 241 cm³/mol. The molecule has 0 aliphatic carbocycles. The van der Waals surface area contributed by atoms with Crippen LogP contribution in [0.5, 0.6) is 0 Å². The Balaban J connectivity index is 4.73. The highest BCUT2D eigenvalue weighted by Gasteiger charge is 2.23. The molecule has 0 radical (unpaired) electrons. The van der Waals surface area contributed by atoms with Crippen LogP contribution in [-0.2, 0) is 14.3 Å². The summed E-state index contributed by atoms with van der Waals surface area (Å²) in [6, 6.07) is -0.743. The number of aliphatic hydroxyl groups excluding tert-OH is 2. The van der Waals surface area contributed by atoms with Gasteiger partial charge in [-0.1, -0.05) is 216 Å². The molecular formula is C50H87NO5. The molecule has 0 heterocycles. The molecule has 0 spiro atoms. The predicted octanol–water partition coefficient (Wildman–Crippen LogP) is 13.4. The van der Waals surface area contributed by atoms with Gasteiger partial charge in [-0.15, -0.1) is 0 Å². The van der Waals surface area contributed by atoms with Crippen LogP contribution in [-0.4, -0.2) is 46.9 Å². The van der Waals surface area contributed by atoms with Crippen molar-refractivity contribution in [2.75, 3.05) is 6.61 Å². The molecule has 0 saturated carbocycles. The van der Waals surface area contributed by atoms with Crippen LogP contribution in [0.4, 0.5) is 0 Å². The van der Waals surface area contributed by atoms with E-state index >= 15 is 0 Å². The van der Waals surface area contributed by atoms with Gasteiger partial charge in [-0.3, -0.25) is 9.59 Å². The van der Waals surface area contributed by atoms with Gasteiger partial charge in [0.15, 0.2) is 0 Å². The number of carbonyl (C=O) groups is 2. The zero-order valence-corrected chi connectivity index (χ0v) is 36.5. The smallest absolute Gasteiger partial charge is 0.306 e. The fourth-order valence-electron chi connectivity index (χ4n) is 6.62. The third-order valence-corrected chi connectivity index (χ3v) is 10.1. The monoisotopic (exact) mass is 782 g/mol. The number of carbonyl (C=O) groups excluding carboxylic acids is 2. The zero-order chi connectivity index (χ0) is 41.0. The molecule has 3 unspecified atom stereocenters. The highest BCUT2D eigenvalue weighted by atomic mass is 16.5. The molecular weight excluding hydrogens is 695 g/mol. The first kappa shape index (κ1) is 53.3. The number of unbranched alkanes of at least 4 members (excludes halogenated alkanes) is 21. The van der Waals surface area contributed by atoms with Gasteiger partial charge < -0.3 is 20.3 Å². The first-order valence-corrected chi connectivity index (χ1v) is 23.2. The Hall–Kier alpha value is -2.70. The van der Waals surface area contributed by atoms with Gasteiger partial charge in [0.05, 0.1) is 25.2 Å². The van der Waals surface area contributed by atoms with E-state index in [9.17, 15) is 19.8 Å². The largest absolute Gasteiger partial charge is 0.461 e. The Bertz CT molecular complexity index is 1060. The van der Waals surface area contributed by atoms with E-state index in [4.69, 9.17) is 4.74 Å². The number of aliphatic hydroxyl groups is 2. The minimum Gasteiger partial charge on any atom is -0.461 e. The molecule has 0 aromatic rings. The Kier molecular flexibility index (Phi) is 41.3. The van der Waals surface area contributed by atoms with E-state index in [1.165, 1.54) is 103 Å². The van der Waals surface area contributed by atoms with E-state index in [-0.39, 0.29) is 24.9 Å². The van der Waals surface area contributed by atoms with E-state index in [0.717, 1.165) is 57.8 Å². The Labute approximate surface area is 345 Å². The number of nitrogens with one attached hydrogen (secondary N) is 1. The molecule has 6 heteroatoms. The molecule has 0 saturated heterocycles. The second-order valence-corrected chi connectivity index (χ2v) is 15.6. The molecule has 3 atom stereocenters. The Morgan fingerprint density at radius 1 is 0.554 bits per heavy atom. The minimum absolute atomic E-state index is 0.0267. The topological polar surface area (TPSA) is 95.9 Å². The number of ether oxygens (including phenoxy) is 1. The lowest BCUT2D eigenvalue weighted by Crippen LogP contribution is -2.46. The van der Waals surface area contributed by atoms with E-state index < -0.39 is 18.2 Å². The lowest BCUT2D eigenvalue weighted by molar-refractivity contribution is -0.150. The molecule has 0 aromatic carbocycles. The highest BCUT2D eigenvalue weighted by molar-refractivity contribution is 5.77. The third-order valence-electron chi connectivity index (χ3n) is 10.1. The summed E-state index contributed by atoms with van der Waals surface area (Å²) in [7, 11) is 0. The molecule has 0 fully saturated rings. The number of rotatable bonds is 40. The van der Waals surface area contributed by atoms with Crippen LogP contribution < -0.4 is 5.32 Å². The maximum atomic E-state index is 13.1. The molecule has 6 nitrogen and oxygen atoms in total. The third kappa shape index (κ3) is 38.2. The first-order valence-electron chi connectivity index (χ1n) is 23.2. The van der Waals surface area contributed by atoms with E-state index in [0.29, 0.717) is 19.3 Å². The molecule has 56 heavy (non-hydrogen) atoms. The van der Waals surface area contributed by atoms with E-state index in [2.05, 4.69) is 44.3 Å². The van der Waals surface area contributed by atoms with Crippen molar-refractivity contribution >= 4 is 11.9 Å². The van der Waals surface area contributed by atoms with Crippen molar-refractivity contribution in [3.8, 4) is 0 Å². The molecule has 0 rings (SSSR count). The average molecular weight is 782 g/mol. The van der Waals surface area contributed by atoms with Gasteiger partial charge in [-0.25, -0.2) is 0 Å². The summed E-state index contributed by atoms with van der Waals surface area (Å²) < 4.78 is 5.81. The maximum Gasteiger partial charge on any atom is 0.306 e. The van der Waals surface area contributed by atoms with Crippen molar-refractivity contribution < 1.29 is 24.5 Å². The highest BCUT2D eigenvalue weighted by Crippen LogP contribution is 2.15. The Morgan fingerprint density at radius 2 is 1.00 bits per heavy atom. The van der Waals surface area contributed by atoms with Gasteiger partial charge in [-0.2, -0.15) is 0 Å². The van der Waals surface area contributed by atoms with Gasteiger partial charge in [0.25, 0.3) is 0 Å². The number of esters is 1. The van der Waals surface area contributed by atoms with Crippen LogP contribution in [0.1, 0.15) is 207 Å². The fourth-order valence-corrected chi connectivity index (χ4v) is 6.62. The summed E-state index contributed by atoms with van der Waals surface area (Å²) >= 11 is 0. The lowest BCUT2D eigenvalue weighted by Gasteiger charge is -2.24. The standard InChI is InChI=1S/C50H87NO5/c1-4-7-10-13-16-19-22-24-25-28-31-34-37-40-43-50(55)56-46(41-38-35-32-29-26-21-18-15-12-9-6-3)44-49(54)51-47(45-52)48(53)42-39-36-33-30-27-23-20-17-14-11-8-5-2/h9,12,15,18,21,25-26,28-29,32,35,38,46-48,52-53H,4-8,10-11,13-14,16-17,19-20,22-24,27,30-31,33-34,36-37,39-45H2,1-3H3,(H,51,54)/b12-9+,18-15+,26-21-,28-25-,32-29-,38-35+. The zero-order valence-electron chi connectivity index (χ0n) is 36.5. The SMILES string of the molecule is CC/C=C/C=C/C=C\C=C/C=C/CC(CC(=O)NC(CO)C(O)CCCCCCCCCCCCCC)OC(=O)CCCCC/C=C\CCCCCCCCC. The molecule has 3 N–H and O–H groups in total. The molecule has 0 aliphatic heterocycles. The summed E-state index contributed by atoms with van der Waals surface area (Å²) in [4.78, 5) is 25.9. The van der Waals surface area contributed by atoms with Crippen LogP contribution in [0.15, 0.2) is 72.9 Å².